The minimum atomic E-state index is -0.293. The fourth-order valence-electron chi connectivity index (χ4n) is 4.28. The molecule has 162 valence electrons. The Bertz CT molecular complexity index is 1260. The number of carbonyl (C=O) groups excluding carboxylic acids is 2. The van der Waals surface area contributed by atoms with Crippen LogP contribution in [0.1, 0.15) is 28.8 Å². The molecule has 5 rings (SSSR count). The number of aryl methyl sites for hydroxylation is 1. The number of benzene rings is 1. The van der Waals surface area contributed by atoms with Gasteiger partial charge in [0.25, 0.3) is 5.91 Å². The highest BCUT2D eigenvalue weighted by Crippen LogP contribution is 2.31. The Morgan fingerprint density at radius 3 is 2.75 bits per heavy atom. The van der Waals surface area contributed by atoms with Crippen molar-refractivity contribution in [2.75, 3.05) is 18.4 Å². The van der Waals surface area contributed by atoms with Crippen LogP contribution in [0.25, 0.3) is 16.9 Å². The number of likely N-dealkylation sites (tertiary alicyclic amines) is 1. The number of imidazole rings is 1. The summed E-state index contributed by atoms with van der Waals surface area (Å²) in [5.41, 5.74) is 4.01. The number of carbonyl (C=O) groups is 2. The summed E-state index contributed by atoms with van der Waals surface area (Å²) in [4.78, 5) is 32.6. The number of pyridine rings is 1. The van der Waals surface area contributed by atoms with E-state index in [0.717, 1.165) is 35.3 Å². The highest BCUT2D eigenvalue weighted by molar-refractivity contribution is 5.98. The van der Waals surface area contributed by atoms with Crippen LogP contribution in [0, 0.1) is 12.8 Å². The van der Waals surface area contributed by atoms with Gasteiger partial charge in [0, 0.05) is 24.8 Å². The number of aromatic nitrogens is 2. The van der Waals surface area contributed by atoms with E-state index in [2.05, 4.69) is 5.32 Å². The van der Waals surface area contributed by atoms with Gasteiger partial charge in [0.15, 0.2) is 0 Å². The Morgan fingerprint density at radius 2 is 1.97 bits per heavy atom. The lowest BCUT2D eigenvalue weighted by Gasteiger charge is -2.31. The van der Waals surface area contributed by atoms with Gasteiger partial charge in [-0.1, -0.05) is 36.4 Å². The first-order chi connectivity index (χ1) is 15.6. The maximum Gasteiger partial charge on any atom is 0.257 e. The molecule has 1 atom stereocenters. The summed E-state index contributed by atoms with van der Waals surface area (Å²) in [6, 6.07) is 15.4. The van der Waals surface area contributed by atoms with Crippen molar-refractivity contribution in [3.05, 3.63) is 78.4 Å². The van der Waals surface area contributed by atoms with Crippen LogP contribution in [0.15, 0.2) is 71.7 Å². The van der Waals surface area contributed by atoms with Crippen molar-refractivity contribution in [3.8, 4) is 11.3 Å². The molecule has 0 spiro atoms. The lowest BCUT2D eigenvalue weighted by molar-refractivity contribution is -0.121. The summed E-state index contributed by atoms with van der Waals surface area (Å²) in [5, 5.41) is 3.13. The molecule has 1 fully saturated rings. The average molecular weight is 428 g/mol. The van der Waals surface area contributed by atoms with Crippen molar-refractivity contribution in [2.45, 2.75) is 19.8 Å². The third kappa shape index (κ3) is 3.66. The summed E-state index contributed by atoms with van der Waals surface area (Å²) >= 11 is 0. The van der Waals surface area contributed by atoms with Gasteiger partial charge in [-0.05, 0) is 37.5 Å². The predicted octanol–water partition coefficient (Wildman–Crippen LogP) is 4.39. The number of amides is 2. The number of anilines is 1. The van der Waals surface area contributed by atoms with Crippen LogP contribution in [0.2, 0.25) is 0 Å². The van der Waals surface area contributed by atoms with Crippen molar-refractivity contribution in [3.63, 3.8) is 0 Å². The molecule has 0 radical (unpaired) electrons. The maximum atomic E-state index is 13.3. The van der Waals surface area contributed by atoms with Crippen LogP contribution in [0.4, 0.5) is 5.82 Å². The third-order valence-electron chi connectivity index (χ3n) is 5.98. The molecule has 7 heteroatoms. The minimum absolute atomic E-state index is 0.102. The van der Waals surface area contributed by atoms with Gasteiger partial charge in [-0.15, -0.1) is 0 Å². The Morgan fingerprint density at radius 1 is 1.12 bits per heavy atom. The van der Waals surface area contributed by atoms with Gasteiger partial charge < -0.3 is 14.6 Å². The van der Waals surface area contributed by atoms with Crippen molar-refractivity contribution >= 4 is 23.3 Å². The molecule has 2 amide bonds. The van der Waals surface area contributed by atoms with E-state index >= 15 is 0 Å². The van der Waals surface area contributed by atoms with Gasteiger partial charge in [-0.2, -0.15) is 0 Å². The van der Waals surface area contributed by atoms with Gasteiger partial charge in [-0.25, -0.2) is 4.98 Å². The molecule has 4 heterocycles. The maximum absolute atomic E-state index is 13.3. The number of fused-ring (bicyclic) bond motifs is 1. The largest absolute Gasteiger partial charge is 0.472 e. The summed E-state index contributed by atoms with van der Waals surface area (Å²) in [6.07, 6.45) is 6.35. The summed E-state index contributed by atoms with van der Waals surface area (Å²) in [7, 11) is 0. The Kier molecular flexibility index (Phi) is 5.23. The fourth-order valence-corrected chi connectivity index (χ4v) is 4.28. The van der Waals surface area contributed by atoms with Gasteiger partial charge in [0.1, 0.15) is 23.4 Å². The Labute approximate surface area is 185 Å². The van der Waals surface area contributed by atoms with Crippen LogP contribution in [-0.4, -0.2) is 39.2 Å². The standard InChI is InChI=1S/C25H24N4O3/c1-17-7-5-13-29-22(17)26-21(18-8-3-2-4-9-18)23(29)27-24(30)19-10-6-12-28(15-19)25(31)20-11-14-32-16-20/h2-5,7-9,11,13-14,16,19H,6,10,12,15H2,1H3,(H,27,30). The van der Waals surface area contributed by atoms with E-state index < -0.39 is 0 Å². The number of nitrogens with zero attached hydrogens (tertiary/aromatic N) is 3. The molecule has 1 aromatic carbocycles. The molecule has 0 saturated carbocycles. The zero-order valence-electron chi connectivity index (χ0n) is 17.8. The number of hydrogen-bond donors (Lipinski definition) is 1. The van der Waals surface area contributed by atoms with Gasteiger partial charge >= 0.3 is 0 Å². The smallest absolute Gasteiger partial charge is 0.257 e. The monoisotopic (exact) mass is 428 g/mol. The van der Waals surface area contributed by atoms with Crippen LogP contribution < -0.4 is 5.32 Å². The first-order valence-corrected chi connectivity index (χ1v) is 10.8. The van der Waals surface area contributed by atoms with E-state index in [1.54, 1.807) is 11.0 Å². The van der Waals surface area contributed by atoms with E-state index in [-0.39, 0.29) is 17.7 Å². The molecule has 1 N–H and O–H groups in total. The van der Waals surface area contributed by atoms with Crippen LogP contribution in [0.5, 0.6) is 0 Å². The number of furan rings is 1. The van der Waals surface area contributed by atoms with E-state index in [1.165, 1.54) is 12.5 Å². The summed E-state index contributed by atoms with van der Waals surface area (Å²) in [5.74, 6) is 0.151. The lowest BCUT2D eigenvalue weighted by Crippen LogP contribution is -2.43. The van der Waals surface area contributed by atoms with E-state index in [4.69, 9.17) is 9.40 Å². The highest BCUT2D eigenvalue weighted by atomic mass is 16.3. The van der Waals surface area contributed by atoms with Gasteiger partial charge in [-0.3, -0.25) is 14.0 Å². The molecule has 3 aromatic heterocycles. The normalized spacial score (nSPS) is 16.3. The molecule has 0 bridgehead atoms. The predicted molar refractivity (Wildman–Crippen MR) is 121 cm³/mol. The third-order valence-corrected chi connectivity index (χ3v) is 5.98. The molecule has 7 nitrogen and oxygen atoms in total. The van der Waals surface area contributed by atoms with Gasteiger partial charge in [0.05, 0.1) is 17.7 Å². The summed E-state index contributed by atoms with van der Waals surface area (Å²) < 4.78 is 6.96. The van der Waals surface area contributed by atoms with Crippen molar-refractivity contribution < 1.29 is 14.0 Å². The van der Waals surface area contributed by atoms with Crippen LogP contribution >= 0.6 is 0 Å². The van der Waals surface area contributed by atoms with Crippen LogP contribution in [0.3, 0.4) is 0 Å². The molecule has 0 aliphatic carbocycles. The first-order valence-electron chi connectivity index (χ1n) is 10.8. The fraction of sp³-hybridized carbons (Fsp3) is 0.240. The average Bonchev–Trinajstić information content (AvgIpc) is 3.49. The van der Waals surface area contributed by atoms with Crippen LogP contribution in [-0.2, 0) is 4.79 Å². The molecule has 1 aliphatic heterocycles. The van der Waals surface area contributed by atoms with E-state index in [0.29, 0.717) is 24.5 Å². The number of rotatable bonds is 4. The van der Waals surface area contributed by atoms with Crippen molar-refractivity contribution in [1.82, 2.24) is 14.3 Å². The Hall–Kier alpha value is -3.87. The molecule has 32 heavy (non-hydrogen) atoms. The summed E-state index contributed by atoms with van der Waals surface area (Å²) in [6.45, 7) is 3.02. The Balaban J connectivity index is 1.43. The topological polar surface area (TPSA) is 79.9 Å². The van der Waals surface area contributed by atoms with Gasteiger partial charge in [0.2, 0.25) is 5.91 Å². The highest BCUT2D eigenvalue weighted by Gasteiger charge is 2.30. The molecular weight excluding hydrogens is 404 g/mol. The number of piperidine rings is 1. The van der Waals surface area contributed by atoms with E-state index in [1.807, 2.05) is 60.0 Å². The molecule has 1 unspecified atom stereocenters. The second kappa shape index (κ2) is 8.34. The second-order valence-corrected chi connectivity index (χ2v) is 8.15. The number of hydrogen-bond acceptors (Lipinski definition) is 4. The van der Waals surface area contributed by atoms with Crippen molar-refractivity contribution in [2.24, 2.45) is 5.92 Å². The number of nitrogens with one attached hydrogen (secondary N) is 1. The minimum Gasteiger partial charge on any atom is -0.472 e. The molecule has 1 saturated heterocycles. The second-order valence-electron chi connectivity index (χ2n) is 8.15. The zero-order valence-corrected chi connectivity index (χ0v) is 17.8. The van der Waals surface area contributed by atoms with E-state index in [9.17, 15) is 9.59 Å². The zero-order chi connectivity index (χ0) is 22.1. The lowest BCUT2D eigenvalue weighted by atomic mass is 9.96. The molecule has 4 aromatic rings. The SMILES string of the molecule is Cc1cccn2c(NC(=O)C3CCCN(C(=O)c4ccoc4)C3)c(-c3ccccc3)nc12. The quantitative estimate of drug-likeness (QED) is 0.523. The molecular formula is C25H24N4O3. The van der Waals surface area contributed by atoms with Crippen molar-refractivity contribution in [1.29, 1.82) is 0 Å². The first kappa shape index (κ1) is 20.1. The molecule has 1 aliphatic rings.